The summed E-state index contributed by atoms with van der Waals surface area (Å²) in [7, 11) is 1.82. The number of nitrogens with zero attached hydrogens (tertiary/aromatic N) is 4. The predicted octanol–water partition coefficient (Wildman–Crippen LogP) is -0.183. The van der Waals surface area contributed by atoms with Gasteiger partial charge < -0.3 is 5.11 Å². The van der Waals surface area contributed by atoms with E-state index in [0.29, 0.717) is 12.3 Å². The van der Waals surface area contributed by atoms with Crippen LogP contribution in [0.4, 0.5) is 0 Å². The number of carboxylic acids is 1. The van der Waals surface area contributed by atoms with Crippen LogP contribution in [0, 0.1) is 0 Å². The molecule has 16 heavy (non-hydrogen) atoms. The third kappa shape index (κ3) is 2.35. The second-order valence-corrected chi connectivity index (χ2v) is 4.85. The summed E-state index contributed by atoms with van der Waals surface area (Å²) in [5, 5.41) is 13.1. The van der Waals surface area contributed by atoms with Gasteiger partial charge in [0.05, 0.1) is 6.54 Å². The quantitative estimate of drug-likeness (QED) is 0.792. The Bertz CT molecular complexity index is 381. The molecule has 0 saturated carbocycles. The van der Waals surface area contributed by atoms with E-state index >= 15 is 0 Å². The Hall–Kier alpha value is -1.08. The Morgan fingerprint density at radius 1 is 1.75 bits per heavy atom. The largest absolute Gasteiger partial charge is 0.480 e. The number of hydrogen-bond donors (Lipinski definition) is 1. The summed E-state index contributed by atoms with van der Waals surface area (Å²) in [5.74, 6) is 1.67. The van der Waals surface area contributed by atoms with Crippen LogP contribution in [0.25, 0.3) is 0 Å². The minimum atomic E-state index is -0.755. The van der Waals surface area contributed by atoms with Gasteiger partial charge in [0.25, 0.3) is 0 Å². The number of aliphatic carboxylic acids is 1. The molecule has 0 radical (unpaired) electrons. The molecule has 1 aromatic heterocycles. The fourth-order valence-electron chi connectivity index (χ4n) is 1.70. The zero-order chi connectivity index (χ0) is 11.5. The number of carboxylic acid groups (broad SMARTS) is 1. The van der Waals surface area contributed by atoms with Gasteiger partial charge in [-0.25, -0.2) is 4.98 Å². The second kappa shape index (κ2) is 4.84. The lowest BCUT2D eigenvalue weighted by atomic mass is 10.2. The van der Waals surface area contributed by atoms with Crippen LogP contribution in [0.15, 0.2) is 6.33 Å². The second-order valence-electron chi connectivity index (χ2n) is 3.70. The molecular weight excluding hydrogens is 228 g/mol. The molecule has 7 heteroatoms. The van der Waals surface area contributed by atoms with Crippen molar-refractivity contribution < 1.29 is 9.90 Å². The SMILES string of the molecule is Cn1ncnc1CN1CCSCC1C(=O)O. The molecule has 1 N–H and O–H groups in total. The first-order valence-electron chi connectivity index (χ1n) is 5.06. The van der Waals surface area contributed by atoms with Gasteiger partial charge in [0, 0.05) is 25.1 Å². The highest BCUT2D eigenvalue weighted by atomic mass is 32.2. The lowest BCUT2D eigenvalue weighted by Crippen LogP contribution is -2.47. The van der Waals surface area contributed by atoms with E-state index in [1.54, 1.807) is 16.4 Å². The van der Waals surface area contributed by atoms with Crippen LogP contribution in [0.3, 0.4) is 0 Å². The molecule has 1 aliphatic heterocycles. The summed E-state index contributed by atoms with van der Waals surface area (Å²) in [6.07, 6.45) is 1.49. The molecule has 1 saturated heterocycles. The summed E-state index contributed by atoms with van der Waals surface area (Å²) in [4.78, 5) is 17.1. The van der Waals surface area contributed by atoms with Crippen molar-refractivity contribution in [3.63, 3.8) is 0 Å². The molecule has 1 aromatic rings. The van der Waals surface area contributed by atoms with E-state index in [1.165, 1.54) is 6.33 Å². The van der Waals surface area contributed by atoms with Crippen LogP contribution in [-0.4, -0.2) is 54.8 Å². The number of aryl methyl sites for hydroxylation is 1. The van der Waals surface area contributed by atoms with E-state index in [4.69, 9.17) is 5.11 Å². The molecular formula is C9H14N4O2S. The molecule has 0 amide bonds. The fraction of sp³-hybridized carbons (Fsp3) is 0.667. The molecule has 0 aliphatic carbocycles. The Morgan fingerprint density at radius 3 is 3.19 bits per heavy atom. The topological polar surface area (TPSA) is 71.2 Å². The van der Waals surface area contributed by atoms with Crippen molar-refractivity contribution in [2.45, 2.75) is 12.6 Å². The average molecular weight is 242 g/mol. The van der Waals surface area contributed by atoms with E-state index in [0.717, 1.165) is 18.1 Å². The van der Waals surface area contributed by atoms with Crippen LogP contribution in [-0.2, 0) is 18.4 Å². The smallest absolute Gasteiger partial charge is 0.321 e. The number of hydrogen-bond acceptors (Lipinski definition) is 5. The van der Waals surface area contributed by atoms with Gasteiger partial charge in [0.1, 0.15) is 18.2 Å². The number of carbonyl (C=O) groups is 1. The monoisotopic (exact) mass is 242 g/mol. The lowest BCUT2D eigenvalue weighted by molar-refractivity contribution is -0.142. The molecule has 0 aromatic carbocycles. The third-order valence-electron chi connectivity index (χ3n) is 2.67. The van der Waals surface area contributed by atoms with Crippen molar-refractivity contribution in [1.82, 2.24) is 19.7 Å². The highest BCUT2D eigenvalue weighted by Gasteiger charge is 2.29. The van der Waals surface area contributed by atoms with E-state index in [-0.39, 0.29) is 0 Å². The highest BCUT2D eigenvalue weighted by molar-refractivity contribution is 7.99. The van der Waals surface area contributed by atoms with Gasteiger partial charge in [-0.2, -0.15) is 16.9 Å². The molecule has 1 aliphatic rings. The van der Waals surface area contributed by atoms with Crippen LogP contribution >= 0.6 is 11.8 Å². The van der Waals surface area contributed by atoms with Gasteiger partial charge in [-0.3, -0.25) is 14.4 Å². The van der Waals surface area contributed by atoms with Crippen molar-refractivity contribution in [2.24, 2.45) is 7.05 Å². The van der Waals surface area contributed by atoms with Crippen molar-refractivity contribution in [3.8, 4) is 0 Å². The normalized spacial score (nSPS) is 22.2. The summed E-state index contributed by atoms with van der Waals surface area (Å²) in [5.41, 5.74) is 0. The van der Waals surface area contributed by atoms with Crippen LogP contribution in [0.2, 0.25) is 0 Å². The van der Waals surface area contributed by atoms with Crippen molar-refractivity contribution in [3.05, 3.63) is 12.2 Å². The molecule has 0 bridgehead atoms. The van der Waals surface area contributed by atoms with Gasteiger partial charge in [0.2, 0.25) is 0 Å². The van der Waals surface area contributed by atoms with Crippen molar-refractivity contribution in [2.75, 3.05) is 18.1 Å². The maximum absolute atomic E-state index is 11.1. The zero-order valence-corrected chi connectivity index (χ0v) is 9.85. The van der Waals surface area contributed by atoms with Crippen molar-refractivity contribution >= 4 is 17.7 Å². The van der Waals surface area contributed by atoms with Crippen LogP contribution in [0.1, 0.15) is 5.82 Å². The molecule has 2 heterocycles. The van der Waals surface area contributed by atoms with Crippen LogP contribution < -0.4 is 0 Å². The van der Waals surface area contributed by atoms with Gasteiger partial charge in [0.15, 0.2) is 0 Å². The predicted molar refractivity (Wildman–Crippen MR) is 60.2 cm³/mol. The molecule has 0 spiro atoms. The Morgan fingerprint density at radius 2 is 2.56 bits per heavy atom. The maximum atomic E-state index is 11.1. The van der Waals surface area contributed by atoms with E-state index < -0.39 is 12.0 Å². The Kier molecular flexibility index (Phi) is 3.45. The summed E-state index contributed by atoms with van der Waals surface area (Å²) >= 11 is 1.69. The molecule has 1 fully saturated rings. The first-order chi connectivity index (χ1) is 7.68. The molecule has 88 valence electrons. The van der Waals surface area contributed by atoms with Gasteiger partial charge in [-0.15, -0.1) is 0 Å². The first-order valence-corrected chi connectivity index (χ1v) is 6.21. The zero-order valence-electron chi connectivity index (χ0n) is 9.04. The summed E-state index contributed by atoms with van der Waals surface area (Å²) in [6.45, 7) is 1.34. The summed E-state index contributed by atoms with van der Waals surface area (Å²) < 4.78 is 1.68. The van der Waals surface area contributed by atoms with Gasteiger partial charge in [-0.05, 0) is 0 Å². The minimum absolute atomic E-state index is 0.407. The third-order valence-corrected chi connectivity index (χ3v) is 3.70. The number of thioether (sulfide) groups is 1. The number of rotatable bonds is 3. The first kappa shape index (κ1) is 11.4. The molecule has 1 unspecified atom stereocenters. The molecule has 1 atom stereocenters. The number of aromatic nitrogens is 3. The van der Waals surface area contributed by atoms with Crippen LogP contribution in [0.5, 0.6) is 0 Å². The summed E-state index contributed by atoms with van der Waals surface area (Å²) in [6, 6.07) is -0.407. The van der Waals surface area contributed by atoms with Crippen molar-refractivity contribution in [1.29, 1.82) is 0 Å². The lowest BCUT2D eigenvalue weighted by Gasteiger charge is -2.31. The standard InChI is InChI=1S/C9H14N4O2S/c1-12-8(10-6-11-12)4-13-2-3-16-5-7(13)9(14)15/h6-7H,2-5H2,1H3,(H,14,15). The minimum Gasteiger partial charge on any atom is -0.480 e. The Balaban J connectivity index is 2.07. The maximum Gasteiger partial charge on any atom is 0.321 e. The van der Waals surface area contributed by atoms with Gasteiger partial charge in [-0.1, -0.05) is 0 Å². The van der Waals surface area contributed by atoms with E-state index in [2.05, 4.69) is 10.1 Å². The average Bonchev–Trinajstić information content (AvgIpc) is 2.65. The fourth-order valence-corrected chi connectivity index (χ4v) is 2.81. The molecule has 2 rings (SSSR count). The highest BCUT2D eigenvalue weighted by Crippen LogP contribution is 2.18. The van der Waals surface area contributed by atoms with Gasteiger partial charge >= 0.3 is 5.97 Å². The molecule has 6 nitrogen and oxygen atoms in total. The van der Waals surface area contributed by atoms with E-state index in [1.807, 2.05) is 11.9 Å². The Labute approximate surface area is 97.6 Å². The van der Waals surface area contributed by atoms with E-state index in [9.17, 15) is 4.79 Å².